The van der Waals surface area contributed by atoms with Crippen molar-refractivity contribution < 1.29 is 14.6 Å². The molecule has 0 saturated heterocycles. The van der Waals surface area contributed by atoms with Crippen molar-refractivity contribution in [3.8, 4) is 0 Å². The molecule has 1 aliphatic rings. The first-order chi connectivity index (χ1) is 11.6. The summed E-state index contributed by atoms with van der Waals surface area (Å²) in [5.74, 6) is -0.105. The maximum atomic E-state index is 12.3. The van der Waals surface area contributed by atoms with Crippen LogP contribution >= 0.6 is 0 Å². The lowest BCUT2D eigenvalue weighted by atomic mass is 9.71. The molecule has 3 nitrogen and oxygen atoms in total. The molecule has 137 valence electrons. The molecule has 1 radical (unpaired) electrons. The zero-order valence-corrected chi connectivity index (χ0v) is 17.2. The summed E-state index contributed by atoms with van der Waals surface area (Å²) in [5.41, 5.74) is 2.67. The second-order valence-corrected chi connectivity index (χ2v) is 13.0. The normalized spacial score (nSPS) is 19.5. The van der Waals surface area contributed by atoms with Crippen LogP contribution in [0.25, 0.3) is 0 Å². The Balaban J connectivity index is 1.99. The molecular weight excluding hydrogens is 328 g/mol. The van der Waals surface area contributed by atoms with Crippen molar-refractivity contribution in [2.24, 2.45) is 11.3 Å². The van der Waals surface area contributed by atoms with Gasteiger partial charge in [-0.25, -0.2) is 4.79 Å². The van der Waals surface area contributed by atoms with E-state index in [0.717, 1.165) is 25.4 Å². The molecule has 1 aromatic carbocycles. The van der Waals surface area contributed by atoms with E-state index in [1.807, 2.05) is 30.0 Å². The largest absolute Gasteiger partial charge is 0.373 e. The first kappa shape index (κ1) is 19.9. The molecule has 0 bridgehead atoms. The third kappa shape index (κ3) is 5.05. The van der Waals surface area contributed by atoms with Gasteiger partial charge in [-0.15, -0.1) is 6.58 Å². The number of carbonyl (C=O) groups is 1. The highest BCUT2D eigenvalue weighted by Gasteiger charge is 2.37. The van der Waals surface area contributed by atoms with Crippen molar-refractivity contribution >= 4 is 19.2 Å². The smallest absolute Gasteiger partial charge is 0.292 e. The van der Waals surface area contributed by atoms with Gasteiger partial charge in [0.05, 0.1) is 5.56 Å². The van der Waals surface area contributed by atoms with Gasteiger partial charge in [-0.1, -0.05) is 69.7 Å². The van der Waals surface area contributed by atoms with Gasteiger partial charge >= 0.3 is 5.97 Å². The zero-order valence-electron chi connectivity index (χ0n) is 16.2. The Morgan fingerprint density at radius 2 is 1.84 bits per heavy atom. The fourth-order valence-electron chi connectivity index (χ4n) is 3.29. The van der Waals surface area contributed by atoms with E-state index < -0.39 is 14.0 Å². The number of carbonyl (C=O) groups excluding carboxylic acids is 1. The molecule has 0 spiro atoms. The highest BCUT2D eigenvalue weighted by molar-refractivity contribution is 6.93. The van der Waals surface area contributed by atoms with Gasteiger partial charge in [0.15, 0.2) is 6.10 Å². The summed E-state index contributed by atoms with van der Waals surface area (Å²) in [6.07, 6.45) is 5.16. The molecule has 1 saturated carbocycles. The Morgan fingerprint density at radius 3 is 2.40 bits per heavy atom. The van der Waals surface area contributed by atoms with E-state index in [1.165, 1.54) is 11.6 Å². The Morgan fingerprint density at radius 1 is 1.20 bits per heavy atom. The predicted molar refractivity (Wildman–Crippen MR) is 105 cm³/mol. The summed E-state index contributed by atoms with van der Waals surface area (Å²) < 4.78 is 0. The molecule has 1 unspecified atom stereocenters. The summed E-state index contributed by atoms with van der Waals surface area (Å²) in [7, 11) is -1.61. The number of benzene rings is 1. The second kappa shape index (κ2) is 7.88. The molecule has 2 rings (SSSR count). The first-order valence-corrected chi connectivity index (χ1v) is 12.2. The van der Waals surface area contributed by atoms with E-state index in [9.17, 15) is 4.79 Å². The standard InChI is InChI=1S/C21H31O3Si/c1-7-25(5,6)17-14-12-16(13-15-17)20(22)24-23-19-11-9-8-10-18(19)21(2,3)4/h7,12-15,18H,1,8-11H2,2-6H3. The van der Waals surface area contributed by atoms with E-state index in [4.69, 9.17) is 9.78 Å². The van der Waals surface area contributed by atoms with E-state index in [2.05, 4.69) is 40.4 Å². The molecule has 0 N–H and O–H groups in total. The maximum Gasteiger partial charge on any atom is 0.373 e. The van der Waals surface area contributed by atoms with Crippen LogP contribution in [0.3, 0.4) is 0 Å². The molecule has 1 aliphatic carbocycles. The third-order valence-corrected chi connectivity index (χ3v) is 8.04. The molecule has 0 heterocycles. The van der Waals surface area contributed by atoms with Crippen molar-refractivity contribution in [1.29, 1.82) is 0 Å². The van der Waals surface area contributed by atoms with Crippen LogP contribution in [0.1, 0.15) is 56.8 Å². The highest BCUT2D eigenvalue weighted by Crippen LogP contribution is 2.43. The highest BCUT2D eigenvalue weighted by atomic mass is 28.3. The predicted octanol–water partition coefficient (Wildman–Crippen LogP) is 5.18. The van der Waals surface area contributed by atoms with Gasteiger partial charge in [0, 0.05) is 5.92 Å². The molecule has 0 aromatic heterocycles. The number of rotatable bonds is 5. The SMILES string of the molecule is C=C[Si](C)(C)c1ccc(C(=O)OO[C]2CCCCC2C(C)(C)C)cc1. The average Bonchev–Trinajstić information content (AvgIpc) is 2.59. The summed E-state index contributed by atoms with van der Waals surface area (Å²) in [6.45, 7) is 15.0. The summed E-state index contributed by atoms with van der Waals surface area (Å²) in [4.78, 5) is 23.0. The molecule has 0 aliphatic heterocycles. The van der Waals surface area contributed by atoms with Crippen molar-refractivity contribution in [1.82, 2.24) is 0 Å². The van der Waals surface area contributed by atoms with Crippen LogP contribution in [-0.4, -0.2) is 14.0 Å². The summed E-state index contributed by atoms with van der Waals surface area (Å²) in [6, 6.07) is 7.62. The molecule has 25 heavy (non-hydrogen) atoms. The lowest BCUT2D eigenvalue weighted by Crippen LogP contribution is -2.39. The lowest BCUT2D eigenvalue weighted by Gasteiger charge is -2.37. The Kier molecular flexibility index (Phi) is 6.28. The van der Waals surface area contributed by atoms with Crippen LogP contribution in [0.15, 0.2) is 36.5 Å². The maximum absolute atomic E-state index is 12.3. The van der Waals surface area contributed by atoms with Crippen LogP contribution in [0.5, 0.6) is 0 Å². The van der Waals surface area contributed by atoms with Gasteiger partial charge < -0.3 is 0 Å². The average molecular weight is 360 g/mol. The molecular formula is C21H31O3Si. The quantitative estimate of drug-likeness (QED) is 0.412. The number of hydrogen-bond acceptors (Lipinski definition) is 3. The monoisotopic (exact) mass is 359 g/mol. The van der Waals surface area contributed by atoms with Crippen LogP contribution < -0.4 is 5.19 Å². The molecule has 1 atom stereocenters. The van der Waals surface area contributed by atoms with Gasteiger partial charge in [-0.2, -0.15) is 4.89 Å². The van der Waals surface area contributed by atoms with Crippen molar-refractivity contribution in [3.63, 3.8) is 0 Å². The van der Waals surface area contributed by atoms with Crippen LogP contribution in [-0.2, 0) is 9.78 Å². The minimum Gasteiger partial charge on any atom is -0.292 e. The lowest BCUT2D eigenvalue weighted by molar-refractivity contribution is -0.252. The minimum absolute atomic E-state index is 0.116. The molecule has 0 amide bonds. The van der Waals surface area contributed by atoms with E-state index >= 15 is 0 Å². The Hall–Kier alpha value is -1.39. The molecule has 1 fully saturated rings. The fraction of sp³-hybridized carbons (Fsp3) is 0.524. The zero-order chi connectivity index (χ0) is 18.7. The first-order valence-electron chi connectivity index (χ1n) is 9.14. The van der Waals surface area contributed by atoms with E-state index in [0.29, 0.717) is 11.5 Å². The number of hydrogen-bond donors (Lipinski definition) is 0. The second-order valence-electron chi connectivity index (χ2n) is 8.59. The van der Waals surface area contributed by atoms with E-state index in [1.54, 1.807) is 0 Å². The van der Waals surface area contributed by atoms with Crippen molar-refractivity contribution in [2.75, 3.05) is 0 Å². The van der Waals surface area contributed by atoms with Crippen LogP contribution in [0, 0.1) is 17.4 Å². The van der Waals surface area contributed by atoms with Crippen molar-refractivity contribution in [3.05, 3.63) is 48.2 Å². The van der Waals surface area contributed by atoms with Gasteiger partial charge in [-0.05, 0) is 30.4 Å². The van der Waals surface area contributed by atoms with E-state index in [-0.39, 0.29) is 5.41 Å². The Labute approximate surface area is 153 Å². The summed E-state index contributed by atoms with van der Waals surface area (Å²) >= 11 is 0. The van der Waals surface area contributed by atoms with Gasteiger partial charge in [0.2, 0.25) is 0 Å². The fourth-order valence-corrected chi connectivity index (χ4v) is 4.55. The minimum atomic E-state index is -1.61. The topological polar surface area (TPSA) is 35.5 Å². The van der Waals surface area contributed by atoms with Crippen LogP contribution in [0.2, 0.25) is 13.1 Å². The third-order valence-electron chi connectivity index (χ3n) is 5.20. The van der Waals surface area contributed by atoms with Crippen LogP contribution in [0.4, 0.5) is 0 Å². The molecule has 4 heteroatoms. The Bertz CT molecular complexity index is 599. The van der Waals surface area contributed by atoms with Gasteiger partial charge in [0.1, 0.15) is 8.07 Å². The van der Waals surface area contributed by atoms with Crippen molar-refractivity contribution in [2.45, 2.75) is 59.5 Å². The van der Waals surface area contributed by atoms with Gasteiger partial charge in [0.25, 0.3) is 0 Å². The van der Waals surface area contributed by atoms with Gasteiger partial charge in [-0.3, -0.25) is 4.89 Å². The summed E-state index contributed by atoms with van der Waals surface area (Å²) in [5, 5.41) is 1.24. The molecule has 1 aromatic rings.